The van der Waals surface area contributed by atoms with Crippen LogP contribution >= 0.6 is 0 Å². The second-order valence-electron chi connectivity index (χ2n) is 2.37. The normalized spacial score (nSPS) is 9.79. The molecular formula is C6H7BN4O3. The van der Waals surface area contributed by atoms with Gasteiger partial charge in [-0.3, -0.25) is 10.2 Å². The fourth-order valence-electron chi connectivity index (χ4n) is 0.855. The van der Waals surface area contributed by atoms with Gasteiger partial charge in [-0.2, -0.15) is 0 Å². The van der Waals surface area contributed by atoms with Gasteiger partial charge in [-0.1, -0.05) is 0 Å². The molecule has 0 saturated heterocycles. The lowest BCUT2D eigenvalue weighted by Gasteiger charge is -2.05. The fourth-order valence-corrected chi connectivity index (χ4v) is 0.855. The van der Waals surface area contributed by atoms with Gasteiger partial charge >= 0.3 is 7.32 Å². The highest BCUT2D eigenvalue weighted by Gasteiger charge is 2.22. The molecule has 0 spiro atoms. The largest absolute Gasteiger partial charge is 0.787 e. The van der Waals surface area contributed by atoms with Gasteiger partial charge in [0.2, 0.25) is 11.8 Å². The summed E-state index contributed by atoms with van der Waals surface area (Å²) in [5.74, 6) is 0.487. The van der Waals surface area contributed by atoms with Gasteiger partial charge in [0.15, 0.2) is 0 Å². The molecule has 2 heterocycles. The predicted octanol–water partition coefficient (Wildman–Crippen LogP) is -0.432. The third kappa shape index (κ3) is 2.05. The molecule has 0 unspecified atom stereocenters. The Morgan fingerprint density at radius 2 is 1.57 bits per heavy atom. The Morgan fingerprint density at radius 1 is 1.07 bits per heavy atom. The van der Waals surface area contributed by atoms with Crippen LogP contribution in [0.4, 0.5) is 0 Å². The maximum atomic E-state index is 9.24. The van der Waals surface area contributed by atoms with Crippen molar-refractivity contribution in [1.29, 1.82) is 0 Å². The maximum absolute atomic E-state index is 9.24. The van der Waals surface area contributed by atoms with Gasteiger partial charge in [-0.05, 0) is 0 Å². The monoisotopic (exact) mass is 194 g/mol. The first kappa shape index (κ1) is 8.63. The summed E-state index contributed by atoms with van der Waals surface area (Å²) in [5, 5.41) is 21.6. The van der Waals surface area contributed by atoms with Crippen molar-refractivity contribution >= 4 is 7.32 Å². The van der Waals surface area contributed by atoms with Crippen LogP contribution in [0.3, 0.4) is 0 Å². The SMILES string of the molecule is OB(Oc1cc[nH]n1)Oc1cc[nH]n1. The topological polar surface area (TPSA) is 96.0 Å². The maximum Gasteiger partial charge on any atom is 0.787 e. The summed E-state index contributed by atoms with van der Waals surface area (Å²) in [6.45, 7) is 0. The smallest absolute Gasteiger partial charge is 0.485 e. The van der Waals surface area contributed by atoms with E-state index in [9.17, 15) is 5.02 Å². The number of hydrogen-bond donors (Lipinski definition) is 3. The number of hydrogen-bond acceptors (Lipinski definition) is 5. The average Bonchev–Trinajstić information content (AvgIpc) is 2.76. The summed E-state index contributed by atoms with van der Waals surface area (Å²) in [6.07, 6.45) is 3.13. The molecule has 2 rings (SSSR count). The lowest BCUT2D eigenvalue weighted by atomic mass is 10.2. The summed E-state index contributed by atoms with van der Waals surface area (Å²) >= 11 is 0. The van der Waals surface area contributed by atoms with Crippen molar-refractivity contribution in [2.45, 2.75) is 0 Å². The molecule has 2 aromatic heterocycles. The van der Waals surface area contributed by atoms with Crippen LogP contribution in [0.15, 0.2) is 24.5 Å². The van der Waals surface area contributed by atoms with Crippen LogP contribution in [0.1, 0.15) is 0 Å². The van der Waals surface area contributed by atoms with E-state index in [1.165, 1.54) is 0 Å². The number of nitrogens with zero attached hydrogens (tertiary/aromatic N) is 2. The summed E-state index contributed by atoms with van der Waals surface area (Å²) < 4.78 is 9.73. The third-order valence-electron chi connectivity index (χ3n) is 1.39. The standard InChI is InChI=1S/C6H7BN4O3/c12-7(13-5-1-3-8-10-5)14-6-2-4-9-11-6/h1-4,12H,(H,8,10)(H,9,11). The van der Waals surface area contributed by atoms with Crippen molar-refractivity contribution in [2.24, 2.45) is 0 Å². The third-order valence-corrected chi connectivity index (χ3v) is 1.39. The van der Waals surface area contributed by atoms with E-state index >= 15 is 0 Å². The van der Waals surface area contributed by atoms with Crippen molar-refractivity contribution in [3.05, 3.63) is 24.5 Å². The summed E-state index contributed by atoms with van der Waals surface area (Å²) in [4.78, 5) is 0. The van der Waals surface area contributed by atoms with Crippen molar-refractivity contribution in [3.8, 4) is 11.8 Å². The zero-order valence-corrected chi connectivity index (χ0v) is 7.04. The zero-order chi connectivity index (χ0) is 9.80. The van der Waals surface area contributed by atoms with Gasteiger partial charge < -0.3 is 14.3 Å². The van der Waals surface area contributed by atoms with Crippen LogP contribution in [0, 0.1) is 0 Å². The number of H-pyrrole nitrogens is 2. The van der Waals surface area contributed by atoms with E-state index in [0.717, 1.165) is 0 Å². The molecule has 7 nitrogen and oxygen atoms in total. The van der Waals surface area contributed by atoms with E-state index in [1.54, 1.807) is 24.5 Å². The molecule has 0 amide bonds. The minimum Gasteiger partial charge on any atom is -0.485 e. The van der Waals surface area contributed by atoms with Crippen LogP contribution in [-0.2, 0) is 0 Å². The summed E-state index contributed by atoms with van der Waals surface area (Å²) in [6, 6.07) is 3.11. The molecule has 0 atom stereocenters. The predicted molar refractivity (Wildman–Crippen MR) is 46.4 cm³/mol. The summed E-state index contributed by atoms with van der Waals surface area (Å²) in [5.41, 5.74) is 0. The van der Waals surface area contributed by atoms with Gasteiger partial charge in [0, 0.05) is 24.5 Å². The second-order valence-corrected chi connectivity index (χ2v) is 2.37. The quantitative estimate of drug-likeness (QED) is 0.573. The number of aromatic nitrogens is 4. The molecule has 0 aliphatic carbocycles. The van der Waals surface area contributed by atoms with Gasteiger partial charge in [-0.15, -0.1) is 10.2 Å². The van der Waals surface area contributed by atoms with Crippen molar-refractivity contribution < 1.29 is 14.3 Å². The van der Waals surface area contributed by atoms with Gasteiger partial charge in [-0.25, -0.2) is 0 Å². The van der Waals surface area contributed by atoms with E-state index in [-0.39, 0.29) is 11.8 Å². The molecule has 3 N–H and O–H groups in total. The molecule has 0 bridgehead atoms. The van der Waals surface area contributed by atoms with Crippen LogP contribution in [0.2, 0.25) is 0 Å². The molecule has 0 saturated carbocycles. The molecule has 0 radical (unpaired) electrons. The molecule has 0 aromatic carbocycles. The van der Waals surface area contributed by atoms with Crippen molar-refractivity contribution in [2.75, 3.05) is 0 Å². The molecule has 72 valence electrons. The number of rotatable bonds is 4. The Balaban J connectivity index is 1.88. The first-order valence-electron chi connectivity index (χ1n) is 3.85. The van der Waals surface area contributed by atoms with E-state index in [4.69, 9.17) is 9.31 Å². The van der Waals surface area contributed by atoms with E-state index in [1.807, 2.05) is 0 Å². The van der Waals surface area contributed by atoms with Crippen LogP contribution in [0.25, 0.3) is 0 Å². The van der Waals surface area contributed by atoms with Crippen LogP contribution in [-0.4, -0.2) is 32.7 Å². The van der Waals surface area contributed by atoms with Gasteiger partial charge in [0.1, 0.15) is 0 Å². The van der Waals surface area contributed by atoms with E-state index < -0.39 is 7.32 Å². The lowest BCUT2D eigenvalue weighted by molar-refractivity contribution is 0.288. The minimum absolute atomic E-state index is 0.244. The lowest BCUT2D eigenvalue weighted by Crippen LogP contribution is -2.29. The average molecular weight is 194 g/mol. The van der Waals surface area contributed by atoms with Crippen LogP contribution in [0.5, 0.6) is 11.8 Å². The van der Waals surface area contributed by atoms with Crippen molar-refractivity contribution in [3.63, 3.8) is 0 Å². The second kappa shape index (κ2) is 3.84. The minimum atomic E-state index is -1.43. The van der Waals surface area contributed by atoms with Crippen LogP contribution < -0.4 is 9.31 Å². The first-order chi connectivity index (χ1) is 6.84. The number of nitrogens with one attached hydrogen (secondary N) is 2. The molecule has 0 aliphatic heterocycles. The molecule has 0 aliphatic rings. The fraction of sp³-hybridized carbons (Fsp3) is 0. The molecule has 14 heavy (non-hydrogen) atoms. The van der Waals surface area contributed by atoms with Gasteiger partial charge in [0.05, 0.1) is 0 Å². The first-order valence-corrected chi connectivity index (χ1v) is 3.85. The number of aromatic amines is 2. The molecule has 0 fully saturated rings. The summed E-state index contributed by atoms with van der Waals surface area (Å²) in [7, 11) is -1.43. The van der Waals surface area contributed by atoms with E-state index in [0.29, 0.717) is 0 Å². The Labute approximate surface area is 79.2 Å². The Kier molecular flexibility index (Phi) is 2.37. The molecular weight excluding hydrogens is 187 g/mol. The highest BCUT2D eigenvalue weighted by atomic mass is 16.7. The Hall–Kier alpha value is -1.96. The highest BCUT2D eigenvalue weighted by molar-refractivity contribution is 6.36. The Morgan fingerprint density at radius 3 is 1.93 bits per heavy atom. The Bertz CT molecular complexity index is 326. The van der Waals surface area contributed by atoms with E-state index in [2.05, 4.69) is 20.4 Å². The zero-order valence-electron chi connectivity index (χ0n) is 7.04. The highest BCUT2D eigenvalue weighted by Crippen LogP contribution is 2.07. The van der Waals surface area contributed by atoms with Crippen molar-refractivity contribution in [1.82, 2.24) is 20.4 Å². The van der Waals surface area contributed by atoms with Gasteiger partial charge in [0.25, 0.3) is 0 Å². The molecule has 2 aromatic rings. The molecule has 8 heteroatoms.